The summed E-state index contributed by atoms with van der Waals surface area (Å²) in [6, 6.07) is 5.70. The van der Waals surface area contributed by atoms with Crippen LogP contribution in [0.2, 0.25) is 0 Å². The minimum atomic E-state index is -0.0246. The summed E-state index contributed by atoms with van der Waals surface area (Å²) in [6.07, 6.45) is 3.50. The Morgan fingerprint density at radius 2 is 2.39 bits per heavy atom. The molecule has 1 aromatic carbocycles. The highest BCUT2D eigenvalue weighted by molar-refractivity contribution is 5.96. The Kier molecular flexibility index (Phi) is 3.99. The third-order valence-electron chi connectivity index (χ3n) is 3.05. The number of hydrogen-bond acceptors (Lipinski definition) is 3. The van der Waals surface area contributed by atoms with Crippen LogP contribution in [0.4, 0.5) is 11.4 Å². The van der Waals surface area contributed by atoms with Crippen molar-refractivity contribution in [3.8, 4) is 0 Å². The molecule has 0 spiro atoms. The number of nitrogens with two attached hydrogens (primary N) is 1. The van der Waals surface area contributed by atoms with Gasteiger partial charge in [0.2, 0.25) is 0 Å². The molecule has 4 nitrogen and oxygen atoms in total. The third kappa shape index (κ3) is 2.54. The van der Waals surface area contributed by atoms with E-state index in [0.29, 0.717) is 6.61 Å². The maximum atomic E-state index is 12.1. The first-order valence-corrected chi connectivity index (χ1v) is 6.10. The van der Waals surface area contributed by atoms with E-state index < -0.39 is 0 Å². The average Bonchev–Trinajstić information content (AvgIpc) is 2.39. The zero-order chi connectivity index (χ0) is 13.0. The van der Waals surface area contributed by atoms with Crippen LogP contribution in [0.5, 0.6) is 0 Å². The summed E-state index contributed by atoms with van der Waals surface area (Å²) in [5, 5.41) is 0. The second kappa shape index (κ2) is 5.69. The number of rotatable bonds is 4. The van der Waals surface area contributed by atoms with Crippen molar-refractivity contribution in [2.24, 2.45) is 0 Å². The van der Waals surface area contributed by atoms with Crippen LogP contribution < -0.4 is 10.6 Å². The van der Waals surface area contributed by atoms with Gasteiger partial charge in [-0.25, -0.2) is 0 Å². The van der Waals surface area contributed by atoms with E-state index in [9.17, 15) is 4.79 Å². The highest BCUT2D eigenvalue weighted by atomic mass is 16.5. The average molecular weight is 246 g/mol. The van der Waals surface area contributed by atoms with Gasteiger partial charge in [-0.1, -0.05) is 12.1 Å². The molecule has 1 aromatic rings. The first-order valence-electron chi connectivity index (χ1n) is 6.10. The van der Waals surface area contributed by atoms with E-state index in [4.69, 9.17) is 10.5 Å². The fourth-order valence-corrected chi connectivity index (χ4v) is 2.22. The fraction of sp³-hybridized carbons (Fsp3) is 0.357. The topological polar surface area (TPSA) is 55.6 Å². The number of hydrogen-bond donors (Lipinski definition) is 1. The molecule has 0 radical (unpaired) electrons. The lowest BCUT2D eigenvalue weighted by molar-refractivity contribution is -0.122. The minimum absolute atomic E-state index is 0.0246. The number of benzene rings is 1. The van der Waals surface area contributed by atoms with Crippen molar-refractivity contribution in [2.45, 2.75) is 12.8 Å². The van der Waals surface area contributed by atoms with Crippen molar-refractivity contribution < 1.29 is 9.53 Å². The van der Waals surface area contributed by atoms with Crippen LogP contribution in [0.15, 0.2) is 30.9 Å². The van der Waals surface area contributed by atoms with Gasteiger partial charge < -0.3 is 15.4 Å². The van der Waals surface area contributed by atoms with Crippen molar-refractivity contribution in [3.05, 3.63) is 36.4 Å². The molecule has 0 atom stereocenters. The molecule has 2 rings (SSSR count). The summed E-state index contributed by atoms with van der Waals surface area (Å²) in [4.78, 5) is 13.8. The Balaban J connectivity index is 2.14. The predicted molar refractivity (Wildman–Crippen MR) is 72.5 cm³/mol. The Bertz CT molecular complexity index is 457. The van der Waals surface area contributed by atoms with Gasteiger partial charge >= 0.3 is 0 Å². The van der Waals surface area contributed by atoms with Gasteiger partial charge in [-0.3, -0.25) is 4.79 Å². The molecular formula is C14H18N2O2. The number of nitrogens with zero attached hydrogens (tertiary/aromatic N) is 1. The van der Waals surface area contributed by atoms with Crippen LogP contribution in [0.3, 0.4) is 0 Å². The Morgan fingerprint density at radius 1 is 1.56 bits per heavy atom. The van der Waals surface area contributed by atoms with Crippen molar-refractivity contribution in [1.82, 2.24) is 0 Å². The van der Waals surface area contributed by atoms with Gasteiger partial charge in [0.1, 0.15) is 6.61 Å². The fourth-order valence-electron chi connectivity index (χ4n) is 2.22. The smallest absolute Gasteiger partial charge is 0.252 e. The maximum Gasteiger partial charge on any atom is 0.252 e. The van der Waals surface area contributed by atoms with E-state index in [1.165, 1.54) is 0 Å². The predicted octanol–water partition coefficient (Wildman–Crippen LogP) is 1.75. The standard InChI is InChI=1S/C14H18N2O2/c1-2-9-18-10-14(17)16-8-4-5-11-12(15)6-3-7-13(11)16/h2-3,6-7H,1,4-5,8-10,15H2. The number of carbonyl (C=O) groups is 1. The maximum absolute atomic E-state index is 12.1. The summed E-state index contributed by atoms with van der Waals surface area (Å²) in [5.74, 6) is -0.0246. The number of nitrogen functional groups attached to an aromatic ring is 1. The van der Waals surface area contributed by atoms with Crippen LogP contribution in [-0.4, -0.2) is 25.7 Å². The highest BCUT2D eigenvalue weighted by Crippen LogP contribution is 2.31. The molecular weight excluding hydrogens is 228 g/mol. The minimum Gasteiger partial charge on any atom is -0.398 e. The zero-order valence-electron chi connectivity index (χ0n) is 10.4. The third-order valence-corrected chi connectivity index (χ3v) is 3.05. The van der Waals surface area contributed by atoms with Crippen LogP contribution >= 0.6 is 0 Å². The van der Waals surface area contributed by atoms with Crippen molar-refractivity contribution in [3.63, 3.8) is 0 Å². The van der Waals surface area contributed by atoms with E-state index >= 15 is 0 Å². The van der Waals surface area contributed by atoms with E-state index in [2.05, 4.69) is 6.58 Å². The number of carbonyl (C=O) groups excluding carboxylic acids is 1. The van der Waals surface area contributed by atoms with E-state index in [1.807, 2.05) is 18.2 Å². The summed E-state index contributed by atoms with van der Waals surface area (Å²) in [6.45, 7) is 4.76. The molecule has 96 valence electrons. The van der Waals surface area contributed by atoms with Gasteiger partial charge in [0.25, 0.3) is 5.91 Å². The molecule has 0 saturated carbocycles. The molecule has 1 amide bonds. The van der Waals surface area contributed by atoms with Crippen molar-refractivity contribution in [1.29, 1.82) is 0 Å². The molecule has 4 heteroatoms. The molecule has 0 aliphatic carbocycles. The van der Waals surface area contributed by atoms with Crippen molar-refractivity contribution >= 4 is 17.3 Å². The SMILES string of the molecule is C=CCOCC(=O)N1CCCc2c(N)cccc21. The molecule has 1 aliphatic heterocycles. The summed E-state index contributed by atoms with van der Waals surface area (Å²) in [5.41, 5.74) is 8.70. The zero-order valence-corrected chi connectivity index (χ0v) is 10.4. The lowest BCUT2D eigenvalue weighted by Crippen LogP contribution is -2.38. The monoisotopic (exact) mass is 246 g/mol. The Morgan fingerprint density at radius 3 is 3.17 bits per heavy atom. The summed E-state index contributed by atoms with van der Waals surface area (Å²) < 4.78 is 5.20. The van der Waals surface area contributed by atoms with Crippen LogP contribution in [0.1, 0.15) is 12.0 Å². The number of amides is 1. The normalized spacial score (nSPS) is 14.1. The molecule has 0 saturated heterocycles. The van der Waals surface area contributed by atoms with Crippen molar-refractivity contribution in [2.75, 3.05) is 30.4 Å². The molecule has 18 heavy (non-hydrogen) atoms. The summed E-state index contributed by atoms with van der Waals surface area (Å²) >= 11 is 0. The number of fused-ring (bicyclic) bond motifs is 1. The van der Waals surface area contributed by atoms with Crippen LogP contribution in [0.25, 0.3) is 0 Å². The van der Waals surface area contributed by atoms with Gasteiger partial charge in [0.05, 0.1) is 6.61 Å². The molecule has 1 heterocycles. The first kappa shape index (κ1) is 12.6. The molecule has 1 aliphatic rings. The van der Waals surface area contributed by atoms with Gasteiger partial charge in [-0.2, -0.15) is 0 Å². The number of ether oxygens (including phenoxy) is 1. The van der Waals surface area contributed by atoms with Crippen LogP contribution in [-0.2, 0) is 16.0 Å². The molecule has 0 unspecified atom stereocenters. The van der Waals surface area contributed by atoms with Gasteiger partial charge in [-0.15, -0.1) is 6.58 Å². The quantitative estimate of drug-likeness (QED) is 0.500. The van der Waals surface area contributed by atoms with Crippen LogP contribution in [0, 0.1) is 0 Å². The molecule has 2 N–H and O–H groups in total. The highest BCUT2D eigenvalue weighted by Gasteiger charge is 2.23. The van der Waals surface area contributed by atoms with Gasteiger partial charge in [0.15, 0.2) is 0 Å². The molecule has 0 fully saturated rings. The number of anilines is 2. The van der Waals surface area contributed by atoms with E-state index in [0.717, 1.165) is 36.3 Å². The Labute approximate surface area is 107 Å². The summed E-state index contributed by atoms with van der Waals surface area (Å²) in [7, 11) is 0. The second-order valence-electron chi connectivity index (χ2n) is 4.30. The second-order valence-corrected chi connectivity index (χ2v) is 4.30. The molecule has 0 bridgehead atoms. The Hall–Kier alpha value is -1.81. The first-order chi connectivity index (χ1) is 8.74. The van der Waals surface area contributed by atoms with Gasteiger partial charge in [-0.05, 0) is 30.5 Å². The van der Waals surface area contributed by atoms with E-state index in [1.54, 1.807) is 11.0 Å². The van der Waals surface area contributed by atoms with E-state index in [-0.39, 0.29) is 12.5 Å². The van der Waals surface area contributed by atoms with Gasteiger partial charge in [0, 0.05) is 17.9 Å². The largest absolute Gasteiger partial charge is 0.398 e. The lowest BCUT2D eigenvalue weighted by atomic mass is 10.00. The lowest BCUT2D eigenvalue weighted by Gasteiger charge is -2.30. The molecule has 0 aromatic heterocycles.